The van der Waals surface area contributed by atoms with Crippen LogP contribution in [-0.2, 0) is 9.53 Å². The minimum absolute atomic E-state index is 0.0964. The van der Waals surface area contributed by atoms with Crippen LogP contribution in [0.5, 0.6) is 0 Å². The third-order valence-corrected chi connectivity index (χ3v) is 4.45. The van der Waals surface area contributed by atoms with E-state index in [2.05, 4.69) is 32.9 Å². The predicted octanol–water partition coefficient (Wildman–Crippen LogP) is 2.53. The van der Waals surface area contributed by atoms with Gasteiger partial charge in [-0.3, -0.25) is 4.79 Å². The Kier molecular flexibility index (Phi) is 8.00. The van der Waals surface area contributed by atoms with Crippen molar-refractivity contribution in [3.05, 3.63) is 5.82 Å². The standard InChI is InChI=1S/C16H29N5O2/c1-2-3-4-8-11-23-12-14(22)17-15(16-18-20-21-19-16)13-9-6-5-7-10-13/h13,15H,2-12H2,1H3,(H,17,22)(H,18,19,20,21). The molecule has 1 saturated carbocycles. The molecule has 1 amide bonds. The lowest BCUT2D eigenvalue weighted by Crippen LogP contribution is -2.37. The number of ether oxygens (including phenoxy) is 1. The fraction of sp³-hybridized carbons (Fsp3) is 0.875. The number of hydrogen-bond acceptors (Lipinski definition) is 5. The van der Waals surface area contributed by atoms with E-state index in [9.17, 15) is 4.79 Å². The summed E-state index contributed by atoms with van der Waals surface area (Å²) in [6.07, 6.45) is 10.4. The summed E-state index contributed by atoms with van der Waals surface area (Å²) in [5.41, 5.74) is 0. The predicted molar refractivity (Wildman–Crippen MR) is 86.6 cm³/mol. The Morgan fingerprint density at radius 1 is 1.30 bits per heavy atom. The quantitative estimate of drug-likeness (QED) is 0.645. The van der Waals surface area contributed by atoms with Gasteiger partial charge in [-0.05, 0) is 25.2 Å². The smallest absolute Gasteiger partial charge is 0.246 e. The van der Waals surface area contributed by atoms with E-state index in [4.69, 9.17) is 4.74 Å². The maximum Gasteiger partial charge on any atom is 0.246 e. The molecule has 1 aromatic heterocycles. The number of H-pyrrole nitrogens is 1. The molecule has 0 spiro atoms. The summed E-state index contributed by atoms with van der Waals surface area (Å²) in [4.78, 5) is 12.2. The Bertz CT molecular complexity index is 432. The molecule has 23 heavy (non-hydrogen) atoms. The van der Waals surface area contributed by atoms with Gasteiger partial charge in [0.05, 0.1) is 6.04 Å². The van der Waals surface area contributed by atoms with Crippen LogP contribution in [0.1, 0.15) is 76.6 Å². The first-order valence-corrected chi connectivity index (χ1v) is 8.91. The first-order chi connectivity index (χ1) is 11.3. The molecule has 2 rings (SSSR count). The van der Waals surface area contributed by atoms with Crippen molar-refractivity contribution in [2.24, 2.45) is 5.92 Å². The molecule has 0 bridgehead atoms. The summed E-state index contributed by atoms with van der Waals surface area (Å²) in [6.45, 7) is 2.93. The van der Waals surface area contributed by atoms with Crippen LogP contribution in [-0.4, -0.2) is 39.7 Å². The lowest BCUT2D eigenvalue weighted by atomic mass is 9.83. The highest BCUT2D eigenvalue weighted by Crippen LogP contribution is 2.32. The van der Waals surface area contributed by atoms with E-state index in [1.165, 1.54) is 32.1 Å². The van der Waals surface area contributed by atoms with Crippen LogP contribution in [0.4, 0.5) is 0 Å². The van der Waals surface area contributed by atoms with Gasteiger partial charge in [-0.15, -0.1) is 10.2 Å². The molecular weight excluding hydrogens is 294 g/mol. The second kappa shape index (κ2) is 10.3. The zero-order chi connectivity index (χ0) is 16.3. The lowest BCUT2D eigenvalue weighted by molar-refractivity contribution is -0.127. The number of aromatic amines is 1. The molecule has 1 unspecified atom stereocenters. The number of hydrogen-bond donors (Lipinski definition) is 2. The lowest BCUT2D eigenvalue weighted by Gasteiger charge is -2.28. The van der Waals surface area contributed by atoms with Gasteiger partial charge in [-0.2, -0.15) is 5.21 Å². The second-order valence-electron chi connectivity index (χ2n) is 6.33. The summed E-state index contributed by atoms with van der Waals surface area (Å²) in [6, 6.07) is -0.162. The maximum atomic E-state index is 12.2. The van der Waals surface area contributed by atoms with Crippen LogP contribution < -0.4 is 5.32 Å². The SMILES string of the molecule is CCCCCCOCC(=O)NC(c1nn[nH]n1)C1CCCCC1. The highest BCUT2D eigenvalue weighted by Gasteiger charge is 2.29. The number of nitrogens with zero attached hydrogens (tertiary/aromatic N) is 3. The molecule has 7 heteroatoms. The highest BCUT2D eigenvalue weighted by molar-refractivity contribution is 5.77. The Labute approximate surface area is 137 Å². The minimum atomic E-state index is -0.162. The van der Waals surface area contributed by atoms with Crippen LogP contribution in [0.15, 0.2) is 0 Å². The molecular formula is C16H29N5O2. The van der Waals surface area contributed by atoms with E-state index in [1.54, 1.807) is 0 Å². The van der Waals surface area contributed by atoms with E-state index in [0.717, 1.165) is 25.7 Å². The van der Waals surface area contributed by atoms with E-state index < -0.39 is 0 Å². The van der Waals surface area contributed by atoms with Crippen molar-refractivity contribution in [1.82, 2.24) is 25.9 Å². The van der Waals surface area contributed by atoms with Crippen LogP contribution in [0, 0.1) is 5.92 Å². The van der Waals surface area contributed by atoms with Gasteiger partial charge < -0.3 is 10.1 Å². The summed E-state index contributed by atoms with van der Waals surface area (Å²) in [7, 11) is 0. The third kappa shape index (κ3) is 6.25. The van der Waals surface area contributed by atoms with Gasteiger partial charge in [0.2, 0.25) is 5.91 Å². The molecule has 2 N–H and O–H groups in total. The van der Waals surface area contributed by atoms with E-state index in [-0.39, 0.29) is 18.6 Å². The Morgan fingerprint density at radius 2 is 2.13 bits per heavy atom. The van der Waals surface area contributed by atoms with Crippen molar-refractivity contribution in [2.45, 2.75) is 70.8 Å². The first kappa shape index (κ1) is 17.8. The molecule has 0 radical (unpaired) electrons. The molecule has 1 fully saturated rings. The van der Waals surface area contributed by atoms with Crippen LogP contribution in [0.3, 0.4) is 0 Å². The van der Waals surface area contributed by atoms with Gasteiger partial charge in [0.15, 0.2) is 5.82 Å². The first-order valence-electron chi connectivity index (χ1n) is 8.91. The summed E-state index contributed by atoms with van der Waals surface area (Å²) >= 11 is 0. The number of aromatic nitrogens is 4. The number of carbonyl (C=O) groups is 1. The fourth-order valence-corrected chi connectivity index (χ4v) is 3.17. The second-order valence-corrected chi connectivity index (χ2v) is 6.33. The normalized spacial score (nSPS) is 17.1. The zero-order valence-electron chi connectivity index (χ0n) is 14.1. The van der Waals surface area contributed by atoms with Gasteiger partial charge in [0.25, 0.3) is 0 Å². The number of rotatable bonds is 10. The van der Waals surface area contributed by atoms with Gasteiger partial charge in [-0.1, -0.05) is 50.7 Å². The molecule has 130 valence electrons. The van der Waals surface area contributed by atoms with Crippen molar-refractivity contribution in [1.29, 1.82) is 0 Å². The molecule has 0 saturated heterocycles. The third-order valence-electron chi connectivity index (χ3n) is 4.45. The molecule has 1 aromatic rings. The van der Waals surface area contributed by atoms with Crippen LogP contribution >= 0.6 is 0 Å². The van der Waals surface area contributed by atoms with Crippen molar-refractivity contribution in [3.8, 4) is 0 Å². The number of amides is 1. The fourth-order valence-electron chi connectivity index (χ4n) is 3.17. The van der Waals surface area contributed by atoms with E-state index in [0.29, 0.717) is 18.3 Å². The average molecular weight is 323 g/mol. The van der Waals surface area contributed by atoms with E-state index in [1.807, 2.05) is 0 Å². The zero-order valence-corrected chi connectivity index (χ0v) is 14.1. The molecule has 0 aromatic carbocycles. The Morgan fingerprint density at radius 3 is 2.83 bits per heavy atom. The summed E-state index contributed by atoms with van der Waals surface area (Å²) in [5, 5.41) is 17.3. The van der Waals surface area contributed by atoms with E-state index >= 15 is 0 Å². The number of carbonyl (C=O) groups excluding carboxylic acids is 1. The largest absolute Gasteiger partial charge is 0.372 e. The van der Waals surface area contributed by atoms with Crippen LogP contribution in [0.2, 0.25) is 0 Å². The monoisotopic (exact) mass is 323 g/mol. The van der Waals surface area contributed by atoms with Crippen molar-refractivity contribution < 1.29 is 9.53 Å². The maximum absolute atomic E-state index is 12.2. The van der Waals surface area contributed by atoms with Crippen molar-refractivity contribution in [2.75, 3.05) is 13.2 Å². The summed E-state index contributed by atoms with van der Waals surface area (Å²) < 4.78 is 5.47. The van der Waals surface area contributed by atoms with Gasteiger partial charge >= 0.3 is 0 Å². The average Bonchev–Trinajstić information content (AvgIpc) is 3.11. The molecule has 1 atom stereocenters. The highest BCUT2D eigenvalue weighted by atomic mass is 16.5. The Hall–Kier alpha value is -1.50. The summed E-state index contributed by atoms with van der Waals surface area (Å²) in [5.74, 6) is 0.865. The molecule has 0 aliphatic heterocycles. The molecule has 1 aliphatic carbocycles. The molecule has 1 heterocycles. The number of unbranched alkanes of at least 4 members (excludes halogenated alkanes) is 3. The van der Waals surface area contributed by atoms with Gasteiger partial charge in [0, 0.05) is 6.61 Å². The topological polar surface area (TPSA) is 92.8 Å². The van der Waals surface area contributed by atoms with Crippen LogP contribution in [0.25, 0.3) is 0 Å². The molecule has 7 nitrogen and oxygen atoms in total. The van der Waals surface area contributed by atoms with Gasteiger partial charge in [-0.25, -0.2) is 0 Å². The molecule has 1 aliphatic rings. The van der Waals surface area contributed by atoms with Gasteiger partial charge in [0.1, 0.15) is 6.61 Å². The minimum Gasteiger partial charge on any atom is -0.372 e. The van der Waals surface area contributed by atoms with Crippen molar-refractivity contribution >= 4 is 5.91 Å². The number of tetrazole rings is 1. The Balaban J connectivity index is 1.77. The number of nitrogens with one attached hydrogen (secondary N) is 2. The van der Waals surface area contributed by atoms with Crippen molar-refractivity contribution in [3.63, 3.8) is 0 Å².